The monoisotopic (exact) mass is 378 g/mol. The molecule has 0 N–H and O–H groups in total. The average molecular weight is 378 g/mol. The first-order valence-electron chi connectivity index (χ1n) is 9.45. The summed E-state index contributed by atoms with van der Waals surface area (Å²) in [6.45, 7) is 5.81. The number of nitriles is 1. The van der Waals surface area contributed by atoms with Crippen LogP contribution in [0.3, 0.4) is 0 Å². The van der Waals surface area contributed by atoms with E-state index in [1.165, 1.54) is 0 Å². The quantitative estimate of drug-likeness (QED) is 0.792. The number of benzene rings is 1. The maximum Gasteiger partial charge on any atom is 0.253 e. The van der Waals surface area contributed by atoms with Gasteiger partial charge in [0, 0.05) is 44.8 Å². The Morgan fingerprint density at radius 3 is 1.96 bits per heavy atom. The molecule has 2 aliphatic heterocycles. The van der Waals surface area contributed by atoms with E-state index in [0.29, 0.717) is 37.3 Å². The molecule has 4 rings (SSSR count). The molecule has 1 amide bonds. The second kappa shape index (κ2) is 8.23. The van der Waals surface area contributed by atoms with Gasteiger partial charge in [0.2, 0.25) is 0 Å². The van der Waals surface area contributed by atoms with Crippen molar-refractivity contribution >= 4 is 17.5 Å². The van der Waals surface area contributed by atoms with Gasteiger partial charge in [-0.05, 0) is 36.4 Å². The fraction of sp³-hybridized carbons (Fsp3) is 0.400. The minimum absolute atomic E-state index is 0.00195. The zero-order chi connectivity index (χ0) is 19.3. The van der Waals surface area contributed by atoms with Gasteiger partial charge < -0.3 is 19.4 Å². The van der Waals surface area contributed by atoms with Crippen LogP contribution in [-0.2, 0) is 4.74 Å². The van der Waals surface area contributed by atoms with E-state index in [9.17, 15) is 4.79 Å². The third kappa shape index (κ3) is 3.89. The number of amides is 1. The number of aromatic nitrogens is 2. The van der Waals surface area contributed by atoms with Crippen LogP contribution in [0.25, 0.3) is 0 Å². The molecule has 1 aromatic heterocycles. The largest absolute Gasteiger partial charge is 0.378 e. The standard InChI is InChI=1S/C20H22N6O2/c21-15-16-1-3-17(4-2-16)20(27)26-9-7-24(8-10-26)18-5-6-19(23-22-18)25-11-13-28-14-12-25/h1-6H,7-14H2. The first-order valence-corrected chi connectivity index (χ1v) is 9.45. The summed E-state index contributed by atoms with van der Waals surface area (Å²) in [6, 6.07) is 12.8. The Balaban J connectivity index is 1.34. The number of piperazine rings is 1. The Kier molecular flexibility index (Phi) is 5.35. The van der Waals surface area contributed by atoms with Crippen LogP contribution in [0, 0.1) is 11.3 Å². The fourth-order valence-electron chi connectivity index (χ4n) is 3.46. The van der Waals surface area contributed by atoms with Crippen LogP contribution in [0.4, 0.5) is 11.6 Å². The molecule has 0 radical (unpaired) electrons. The molecule has 2 aliphatic rings. The highest BCUT2D eigenvalue weighted by Crippen LogP contribution is 2.18. The Morgan fingerprint density at radius 1 is 0.857 bits per heavy atom. The van der Waals surface area contributed by atoms with Crippen molar-refractivity contribution in [2.75, 3.05) is 62.3 Å². The zero-order valence-corrected chi connectivity index (χ0v) is 15.6. The summed E-state index contributed by atoms with van der Waals surface area (Å²) in [6.07, 6.45) is 0. The lowest BCUT2D eigenvalue weighted by molar-refractivity contribution is 0.0746. The van der Waals surface area contributed by atoms with Gasteiger partial charge in [-0.1, -0.05) is 0 Å². The van der Waals surface area contributed by atoms with Gasteiger partial charge >= 0.3 is 0 Å². The molecule has 0 unspecified atom stereocenters. The van der Waals surface area contributed by atoms with Crippen molar-refractivity contribution in [3.05, 3.63) is 47.5 Å². The van der Waals surface area contributed by atoms with Gasteiger partial charge in [-0.15, -0.1) is 10.2 Å². The lowest BCUT2D eigenvalue weighted by Gasteiger charge is -2.35. The molecule has 0 atom stereocenters. The van der Waals surface area contributed by atoms with E-state index in [1.54, 1.807) is 24.3 Å². The molecule has 2 saturated heterocycles. The molecular weight excluding hydrogens is 356 g/mol. The van der Waals surface area contributed by atoms with Crippen molar-refractivity contribution < 1.29 is 9.53 Å². The van der Waals surface area contributed by atoms with E-state index in [2.05, 4.69) is 26.1 Å². The summed E-state index contributed by atoms with van der Waals surface area (Å²) < 4.78 is 5.37. The van der Waals surface area contributed by atoms with Gasteiger partial charge in [-0.25, -0.2) is 0 Å². The highest BCUT2D eigenvalue weighted by molar-refractivity contribution is 5.94. The summed E-state index contributed by atoms with van der Waals surface area (Å²) in [5.41, 5.74) is 1.17. The van der Waals surface area contributed by atoms with Crippen molar-refractivity contribution in [2.45, 2.75) is 0 Å². The van der Waals surface area contributed by atoms with Gasteiger partial charge in [0.15, 0.2) is 11.6 Å². The molecule has 8 nitrogen and oxygen atoms in total. The molecule has 0 saturated carbocycles. The van der Waals surface area contributed by atoms with Crippen molar-refractivity contribution in [3.63, 3.8) is 0 Å². The number of morpholine rings is 1. The maximum atomic E-state index is 12.6. The fourth-order valence-corrected chi connectivity index (χ4v) is 3.46. The molecule has 2 aromatic rings. The predicted octanol–water partition coefficient (Wildman–Crippen LogP) is 1.15. The molecule has 1 aromatic carbocycles. The Hall–Kier alpha value is -3.18. The topological polar surface area (TPSA) is 85.6 Å². The zero-order valence-electron chi connectivity index (χ0n) is 15.6. The summed E-state index contributed by atoms with van der Waals surface area (Å²) in [5, 5.41) is 17.6. The van der Waals surface area contributed by atoms with Crippen molar-refractivity contribution in [3.8, 4) is 6.07 Å². The molecule has 3 heterocycles. The Morgan fingerprint density at radius 2 is 1.43 bits per heavy atom. The predicted molar refractivity (Wildman–Crippen MR) is 104 cm³/mol. The highest BCUT2D eigenvalue weighted by Gasteiger charge is 2.23. The number of rotatable bonds is 3. The van der Waals surface area contributed by atoms with E-state index in [1.807, 2.05) is 17.0 Å². The SMILES string of the molecule is N#Cc1ccc(C(=O)N2CCN(c3ccc(N4CCOCC4)nn3)CC2)cc1. The summed E-state index contributed by atoms with van der Waals surface area (Å²) >= 11 is 0. The van der Waals surface area contributed by atoms with Gasteiger partial charge in [0.25, 0.3) is 5.91 Å². The molecule has 0 bridgehead atoms. The Bertz CT molecular complexity index is 848. The summed E-state index contributed by atoms with van der Waals surface area (Å²) in [7, 11) is 0. The van der Waals surface area contributed by atoms with E-state index >= 15 is 0 Å². The first kappa shape index (κ1) is 18.2. The number of carbonyl (C=O) groups is 1. The lowest BCUT2D eigenvalue weighted by Crippen LogP contribution is -2.49. The van der Waals surface area contributed by atoms with E-state index in [-0.39, 0.29) is 5.91 Å². The van der Waals surface area contributed by atoms with Gasteiger partial charge in [0.1, 0.15) is 0 Å². The summed E-state index contributed by atoms with van der Waals surface area (Å²) in [4.78, 5) is 18.8. The van der Waals surface area contributed by atoms with Gasteiger partial charge in [-0.3, -0.25) is 4.79 Å². The average Bonchev–Trinajstić information content (AvgIpc) is 2.79. The van der Waals surface area contributed by atoms with Crippen LogP contribution in [-0.4, -0.2) is 73.5 Å². The third-order valence-electron chi connectivity index (χ3n) is 5.12. The minimum Gasteiger partial charge on any atom is -0.378 e. The lowest BCUT2D eigenvalue weighted by atomic mass is 10.1. The molecule has 0 aliphatic carbocycles. The molecule has 8 heteroatoms. The van der Waals surface area contributed by atoms with Crippen molar-refractivity contribution in [1.82, 2.24) is 15.1 Å². The molecule has 2 fully saturated rings. The van der Waals surface area contributed by atoms with Crippen LogP contribution >= 0.6 is 0 Å². The van der Waals surface area contributed by atoms with Crippen LogP contribution in [0.5, 0.6) is 0 Å². The minimum atomic E-state index is -0.00195. The van der Waals surface area contributed by atoms with E-state index < -0.39 is 0 Å². The van der Waals surface area contributed by atoms with Crippen LogP contribution in [0.1, 0.15) is 15.9 Å². The van der Waals surface area contributed by atoms with Crippen LogP contribution in [0.2, 0.25) is 0 Å². The molecule has 28 heavy (non-hydrogen) atoms. The number of hydrogen-bond donors (Lipinski definition) is 0. The van der Waals surface area contributed by atoms with Gasteiger partial charge in [-0.2, -0.15) is 5.26 Å². The maximum absolute atomic E-state index is 12.6. The molecular formula is C20H22N6O2. The van der Waals surface area contributed by atoms with E-state index in [4.69, 9.17) is 10.00 Å². The molecule has 0 spiro atoms. The highest BCUT2D eigenvalue weighted by atomic mass is 16.5. The van der Waals surface area contributed by atoms with Crippen LogP contribution in [0.15, 0.2) is 36.4 Å². The van der Waals surface area contributed by atoms with E-state index in [0.717, 1.165) is 37.9 Å². The van der Waals surface area contributed by atoms with Crippen molar-refractivity contribution in [1.29, 1.82) is 5.26 Å². The number of ether oxygens (including phenoxy) is 1. The second-order valence-corrected chi connectivity index (χ2v) is 6.82. The first-order chi connectivity index (χ1) is 13.7. The smallest absolute Gasteiger partial charge is 0.253 e. The second-order valence-electron chi connectivity index (χ2n) is 6.82. The summed E-state index contributed by atoms with van der Waals surface area (Å²) in [5.74, 6) is 1.71. The van der Waals surface area contributed by atoms with Crippen molar-refractivity contribution in [2.24, 2.45) is 0 Å². The third-order valence-corrected chi connectivity index (χ3v) is 5.12. The molecule has 144 valence electrons. The van der Waals surface area contributed by atoms with Gasteiger partial charge in [0.05, 0.1) is 24.8 Å². The Labute approximate surface area is 163 Å². The number of nitrogens with zero attached hydrogens (tertiary/aromatic N) is 6. The number of anilines is 2. The number of hydrogen-bond acceptors (Lipinski definition) is 7. The van der Waals surface area contributed by atoms with Crippen LogP contribution < -0.4 is 9.80 Å². The normalized spacial score (nSPS) is 17.3. The number of carbonyl (C=O) groups excluding carboxylic acids is 1.